The van der Waals surface area contributed by atoms with Crippen LogP contribution in [0.3, 0.4) is 0 Å². The van der Waals surface area contributed by atoms with Crippen LogP contribution in [-0.2, 0) is 20.8 Å². The van der Waals surface area contributed by atoms with E-state index >= 15 is 0 Å². The van der Waals surface area contributed by atoms with E-state index in [-0.39, 0.29) is 18.2 Å². The minimum Gasteiger partial charge on any atom is -0.480 e. The maximum absolute atomic E-state index is 13.0. The van der Waals surface area contributed by atoms with Crippen LogP contribution in [0.1, 0.15) is 64.4 Å². The monoisotopic (exact) mass is 431 g/mol. The number of nitrogens with two attached hydrogens (primary N) is 1. The van der Waals surface area contributed by atoms with Crippen LogP contribution >= 0.6 is 0 Å². The summed E-state index contributed by atoms with van der Waals surface area (Å²) in [6.07, 6.45) is 7.22. The fourth-order valence-electron chi connectivity index (χ4n) is 4.16. The normalized spacial score (nSPS) is 18.4. The first kappa shape index (κ1) is 24.9. The molecule has 7 nitrogen and oxygen atoms in total. The second kappa shape index (κ2) is 12.4. The number of rotatable bonds is 11. The Morgan fingerprint density at radius 2 is 1.71 bits per heavy atom. The molecule has 0 heterocycles. The minimum absolute atomic E-state index is 0.156. The van der Waals surface area contributed by atoms with Crippen molar-refractivity contribution in [3.63, 3.8) is 0 Å². The molecule has 1 aliphatic carbocycles. The van der Waals surface area contributed by atoms with Crippen molar-refractivity contribution in [2.75, 3.05) is 0 Å². The number of carbonyl (C=O) groups excluding carboxylic acids is 2. The van der Waals surface area contributed by atoms with Crippen LogP contribution < -0.4 is 16.4 Å². The van der Waals surface area contributed by atoms with Crippen LogP contribution in [0.15, 0.2) is 30.3 Å². The number of carboxylic acid groups (broad SMARTS) is 1. The lowest BCUT2D eigenvalue weighted by molar-refractivity contribution is -0.142. The van der Waals surface area contributed by atoms with Crippen LogP contribution in [-0.4, -0.2) is 41.0 Å². The summed E-state index contributed by atoms with van der Waals surface area (Å²) in [4.78, 5) is 37.4. The van der Waals surface area contributed by atoms with E-state index in [4.69, 9.17) is 5.73 Å². The number of carboxylic acids is 1. The van der Waals surface area contributed by atoms with E-state index in [1.165, 1.54) is 19.3 Å². The third-order valence-electron chi connectivity index (χ3n) is 6.34. The Labute approximate surface area is 185 Å². The lowest BCUT2D eigenvalue weighted by Crippen LogP contribution is -2.57. The summed E-state index contributed by atoms with van der Waals surface area (Å²) in [6.45, 7) is 3.79. The number of carbonyl (C=O) groups is 3. The molecular formula is C24H37N3O4. The Hall–Kier alpha value is -2.41. The molecule has 0 radical (unpaired) electrons. The Balaban J connectivity index is 2.01. The van der Waals surface area contributed by atoms with Crippen LogP contribution in [0.25, 0.3) is 0 Å². The van der Waals surface area contributed by atoms with E-state index in [0.717, 1.165) is 18.4 Å². The molecule has 4 atom stereocenters. The first-order valence-corrected chi connectivity index (χ1v) is 11.4. The fraction of sp³-hybridized carbons (Fsp3) is 0.625. The van der Waals surface area contributed by atoms with Gasteiger partial charge in [-0.3, -0.25) is 9.59 Å². The van der Waals surface area contributed by atoms with Crippen molar-refractivity contribution in [2.45, 2.75) is 83.3 Å². The van der Waals surface area contributed by atoms with Gasteiger partial charge in [-0.15, -0.1) is 0 Å². The molecule has 2 amide bonds. The van der Waals surface area contributed by atoms with Crippen LogP contribution in [0.5, 0.6) is 0 Å². The highest BCUT2D eigenvalue weighted by molar-refractivity contribution is 5.92. The van der Waals surface area contributed by atoms with Crippen molar-refractivity contribution in [2.24, 2.45) is 17.6 Å². The molecule has 5 N–H and O–H groups in total. The molecule has 31 heavy (non-hydrogen) atoms. The molecule has 7 heteroatoms. The second-order valence-corrected chi connectivity index (χ2v) is 8.81. The number of benzene rings is 1. The summed E-state index contributed by atoms with van der Waals surface area (Å²) < 4.78 is 0. The predicted octanol–water partition coefficient (Wildman–Crippen LogP) is 2.63. The van der Waals surface area contributed by atoms with Gasteiger partial charge in [0.2, 0.25) is 11.8 Å². The second-order valence-electron chi connectivity index (χ2n) is 8.81. The van der Waals surface area contributed by atoms with Crippen LogP contribution in [0.2, 0.25) is 0 Å². The molecule has 0 bridgehead atoms. The number of nitrogens with one attached hydrogen (secondary N) is 2. The lowest BCUT2D eigenvalue weighted by Gasteiger charge is -2.28. The summed E-state index contributed by atoms with van der Waals surface area (Å²) in [5.41, 5.74) is 6.97. The molecular weight excluding hydrogens is 394 g/mol. The lowest BCUT2D eigenvalue weighted by atomic mass is 9.84. The van der Waals surface area contributed by atoms with Gasteiger partial charge in [0.15, 0.2) is 0 Å². The Morgan fingerprint density at radius 1 is 1.06 bits per heavy atom. The molecule has 1 aromatic rings. The van der Waals surface area contributed by atoms with Gasteiger partial charge in [-0.25, -0.2) is 4.79 Å². The first-order chi connectivity index (χ1) is 14.8. The standard InChI is InChI=1S/C24H37N3O4/c1-3-16(2)21(27-22(28)19(25)14-17-10-6-4-7-11-17)23(29)26-20(24(30)31)15-18-12-8-5-9-13-18/h5,8-9,12-13,16-17,19-21H,3-4,6-7,10-11,14-15,25H2,1-2H3,(H,26,29)(H,27,28)(H,30,31)/t16-,19-,20-,21-/m0/s1. The van der Waals surface area contributed by atoms with Gasteiger partial charge in [-0.2, -0.15) is 0 Å². The molecule has 0 saturated heterocycles. The van der Waals surface area contributed by atoms with Crippen molar-refractivity contribution in [1.82, 2.24) is 10.6 Å². The summed E-state index contributed by atoms with van der Waals surface area (Å²) in [6, 6.07) is 6.57. The van der Waals surface area contributed by atoms with Crippen molar-refractivity contribution in [1.29, 1.82) is 0 Å². The number of hydrogen-bond donors (Lipinski definition) is 4. The molecule has 0 aromatic heterocycles. The zero-order chi connectivity index (χ0) is 22.8. The molecule has 1 aromatic carbocycles. The zero-order valence-corrected chi connectivity index (χ0v) is 18.7. The first-order valence-electron chi connectivity index (χ1n) is 11.4. The van der Waals surface area contributed by atoms with Crippen molar-refractivity contribution >= 4 is 17.8 Å². The highest BCUT2D eigenvalue weighted by atomic mass is 16.4. The van der Waals surface area contributed by atoms with Gasteiger partial charge < -0.3 is 21.5 Å². The molecule has 0 unspecified atom stereocenters. The molecule has 1 saturated carbocycles. The van der Waals surface area contributed by atoms with E-state index < -0.39 is 30.0 Å². The number of amides is 2. The van der Waals surface area contributed by atoms with E-state index in [9.17, 15) is 19.5 Å². The quantitative estimate of drug-likeness (QED) is 0.429. The smallest absolute Gasteiger partial charge is 0.326 e. The summed E-state index contributed by atoms with van der Waals surface area (Å²) in [5, 5.41) is 15.0. The van der Waals surface area contributed by atoms with E-state index in [2.05, 4.69) is 10.6 Å². The number of aliphatic carboxylic acids is 1. The highest BCUT2D eigenvalue weighted by Gasteiger charge is 2.31. The molecule has 1 aliphatic rings. The summed E-state index contributed by atoms with van der Waals surface area (Å²) in [7, 11) is 0. The highest BCUT2D eigenvalue weighted by Crippen LogP contribution is 2.27. The summed E-state index contributed by atoms with van der Waals surface area (Å²) in [5.74, 6) is -1.65. The molecule has 172 valence electrons. The van der Waals surface area contributed by atoms with E-state index in [0.29, 0.717) is 18.8 Å². The third-order valence-corrected chi connectivity index (χ3v) is 6.34. The van der Waals surface area contributed by atoms with Crippen LogP contribution in [0.4, 0.5) is 0 Å². The predicted molar refractivity (Wildman–Crippen MR) is 120 cm³/mol. The molecule has 1 fully saturated rings. The average molecular weight is 432 g/mol. The van der Waals surface area contributed by atoms with Crippen molar-refractivity contribution < 1.29 is 19.5 Å². The Kier molecular flexibility index (Phi) is 9.98. The molecule has 0 aliphatic heterocycles. The van der Waals surface area contributed by atoms with Crippen molar-refractivity contribution in [3.8, 4) is 0 Å². The van der Waals surface area contributed by atoms with Gasteiger partial charge in [0, 0.05) is 6.42 Å². The fourth-order valence-corrected chi connectivity index (χ4v) is 4.16. The SMILES string of the molecule is CC[C@H](C)[C@H](NC(=O)[C@@H](N)CC1CCCCC1)C(=O)N[C@@H](Cc1ccccc1)C(=O)O. The van der Waals surface area contributed by atoms with Crippen LogP contribution in [0, 0.1) is 11.8 Å². The van der Waals surface area contributed by atoms with Gasteiger partial charge in [0.05, 0.1) is 6.04 Å². The van der Waals surface area contributed by atoms with E-state index in [1.807, 2.05) is 44.2 Å². The third kappa shape index (κ3) is 7.98. The topological polar surface area (TPSA) is 122 Å². The van der Waals surface area contributed by atoms with Gasteiger partial charge >= 0.3 is 5.97 Å². The van der Waals surface area contributed by atoms with E-state index in [1.54, 1.807) is 0 Å². The molecule has 0 spiro atoms. The Bertz CT molecular complexity index is 719. The maximum atomic E-state index is 13.0. The van der Waals surface area contributed by atoms with Gasteiger partial charge in [0.1, 0.15) is 12.1 Å². The average Bonchev–Trinajstić information content (AvgIpc) is 2.77. The van der Waals surface area contributed by atoms with Gasteiger partial charge in [0.25, 0.3) is 0 Å². The Morgan fingerprint density at radius 3 is 2.29 bits per heavy atom. The largest absolute Gasteiger partial charge is 0.480 e. The van der Waals surface area contributed by atoms with Gasteiger partial charge in [-0.05, 0) is 23.8 Å². The van der Waals surface area contributed by atoms with Gasteiger partial charge in [-0.1, -0.05) is 82.7 Å². The maximum Gasteiger partial charge on any atom is 0.326 e. The molecule has 2 rings (SSSR count). The number of hydrogen-bond acceptors (Lipinski definition) is 4. The summed E-state index contributed by atoms with van der Waals surface area (Å²) >= 11 is 0. The van der Waals surface area contributed by atoms with Crippen molar-refractivity contribution in [3.05, 3.63) is 35.9 Å². The minimum atomic E-state index is -1.11. The zero-order valence-electron chi connectivity index (χ0n) is 18.7.